The van der Waals surface area contributed by atoms with E-state index in [1.807, 2.05) is 4.57 Å². The van der Waals surface area contributed by atoms with E-state index in [0.29, 0.717) is 35.3 Å². The number of benzene rings is 1. The molecule has 0 spiro atoms. The van der Waals surface area contributed by atoms with Gasteiger partial charge in [0, 0.05) is 24.2 Å². The highest BCUT2D eigenvalue weighted by atomic mass is 19.1. The fraction of sp³-hybridized carbons (Fsp3) is 0.522. The van der Waals surface area contributed by atoms with Crippen LogP contribution in [-0.4, -0.2) is 25.6 Å². The lowest BCUT2D eigenvalue weighted by molar-refractivity contribution is 0.457. The van der Waals surface area contributed by atoms with E-state index in [4.69, 9.17) is 4.98 Å². The summed E-state index contributed by atoms with van der Waals surface area (Å²) in [5.74, 6) is -2.22. The van der Waals surface area contributed by atoms with E-state index in [0.717, 1.165) is 32.1 Å². The third-order valence-electron chi connectivity index (χ3n) is 6.07. The minimum atomic E-state index is -1.02. The molecule has 4 rings (SSSR count). The second kappa shape index (κ2) is 9.75. The fourth-order valence-electron chi connectivity index (χ4n) is 4.45. The van der Waals surface area contributed by atoms with Crippen LogP contribution in [0.15, 0.2) is 18.3 Å². The van der Waals surface area contributed by atoms with Gasteiger partial charge in [-0.15, -0.1) is 0 Å². The summed E-state index contributed by atoms with van der Waals surface area (Å²) >= 11 is 0. The lowest BCUT2D eigenvalue weighted by Gasteiger charge is -2.23. The van der Waals surface area contributed by atoms with E-state index < -0.39 is 23.1 Å². The number of nitrogens with zero attached hydrogens (tertiary/aromatic N) is 4. The van der Waals surface area contributed by atoms with Crippen molar-refractivity contribution in [2.45, 2.75) is 77.3 Å². The molecule has 1 aliphatic rings. The molecule has 1 saturated carbocycles. The van der Waals surface area contributed by atoms with Crippen molar-refractivity contribution in [1.29, 1.82) is 0 Å². The summed E-state index contributed by atoms with van der Waals surface area (Å²) in [7, 11) is 0. The maximum Gasteiger partial charge on any atom is 0.224 e. The Bertz CT molecular complexity index is 1050. The number of hydrogen-bond acceptors (Lipinski definition) is 5. The molecule has 0 radical (unpaired) electrons. The van der Waals surface area contributed by atoms with Crippen LogP contribution in [0.2, 0.25) is 0 Å². The summed E-state index contributed by atoms with van der Waals surface area (Å²) in [5, 5.41) is 6.17. The molecule has 1 atom stereocenters. The lowest BCUT2D eigenvalue weighted by atomic mass is 9.96. The van der Waals surface area contributed by atoms with Crippen molar-refractivity contribution in [2.75, 3.05) is 10.6 Å². The smallest absolute Gasteiger partial charge is 0.224 e. The molecule has 32 heavy (non-hydrogen) atoms. The standard InChI is InChI=1S/C23H29F3N6/c1-3-8-16(4-2)32-21-19(13-27-22(31-21)28-15-9-6-5-7-10-15)29-23(32)30-20-17(25)11-14(24)12-18(20)26/h11-13,15-16H,3-10H2,1-2H3,(H,29,30)(H,27,28,31). The minimum absolute atomic E-state index is 0.0245. The Hall–Kier alpha value is -2.84. The van der Waals surface area contributed by atoms with Crippen LogP contribution in [0.5, 0.6) is 0 Å². The van der Waals surface area contributed by atoms with Crippen LogP contribution in [0.4, 0.5) is 30.8 Å². The number of anilines is 3. The van der Waals surface area contributed by atoms with Crippen LogP contribution >= 0.6 is 0 Å². The normalized spacial score (nSPS) is 15.8. The van der Waals surface area contributed by atoms with Gasteiger partial charge in [-0.2, -0.15) is 4.98 Å². The largest absolute Gasteiger partial charge is 0.351 e. The lowest BCUT2D eigenvalue weighted by Crippen LogP contribution is -2.23. The molecule has 2 aromatic heterocycles. The third kappa shape index (κ3) is 4.66. The van der Waals surface area contributed by atoms with Crippen molar-refractivity contribution in [2.24, 2.45) is 0 Å². The van der Waals surface area contributed by atoms with Gasteiger partial charge < -0.3 is 10.6 Å². The summed E-state index contributed by atoms with van der Waals surface area (Å²) in [5.41, 5.74) is 0.686. The molecule has 9 heteroatoms. The number of aromatic nitrogens is 4. The van der Waals surface area contributed by atoms with Crippen LogP contribution in [0.25, 0.3) is 11.2 Å². The van der Waals surface area contributed by atoms with Crippen LogP contribution < -0.4 is 10.6 Å². The highest BCUT2D eigenvalue weighted by molar-refractivity contribution is 5.76. The topological polar surface area (TPSA) is 67.7 Å². The molecule has 1 unspecified atom stereocenters. The van der Waals surface area contributed by atoms with Crippen LogP contribution in [0, 0.1) is 17.5 Å². The quantitative estimate of drug-likeness (QED) is 0.414. The number of fused-ring (bicyclic) bond motifs is 1. The molecule has 1 fully saturated rings. The highest BCUT2D eigenvalue weighted by Gasteiger charge is 2.23. The summed E-state index contributed by atoms with van der Waals surface area (Å²) in [6.07, 6.45) is 10.0. The zero-order valence-electron chi connectivity index (χ0n) is 18.5. The van der Waals surface area contributed by atoms with Gasteiger partial charge in [0.25, 0.3) is 0 Å². The van der Waals surface area contributed by atoms with Crippen LogP contribution in [-0.2, 0) is 0 Å². The first-order chi connectivity index (χ1) is 15.5. The number of halogens is 3. The number of imidazole rings is 1. The van der Waals surface area contributed by atoms with Crippen molar-refractivity contribution >= 4 is 28.7 Å². The van der Waals surface area contributed by atoms with Crippen LogP contribution in [0.3, 0.4) is 0 Å². The average molecular weight is 447 g/mol. The Morgan fingerprint density at radius 1 is 1.06 bits per heavy atom. The Balaban J connectivity index is 1.75. The van der Waals surface area contributed by atoms with Gasteiger partial charge in [-0.05, 0) is 25.7 Å². The van der Waals surface area contributed by atoms with Gasteiger partial charge in [-0.1, -0.05) is 39.5 Å². The molecular formula is C23H29F3N6. The minimum Gasteiger partial charge on any atom is -0.351 e. The van der Waals surface area contributed by atoms with Crippen molar-refractivity contribution < 1.29 is 13.2 Å². The number of rotatable bonds is 8. The first-order valence-electron chi connectivity index (χ1n) is 11.4. The third-order valence-corrected chi connectivity index (χ3v) is 6.07. The van der Waals surface area contributed by atoms with Gasteiger partial charge >= 0.3 is 0 Å². The fourth-order valence-corrected chi connectivity index (χ4v) is 4.45. The van der Waals surface area contributed by atoms with Gasteiger partial charge in [0.1, 0.15) is 17.0 Å². The maximum absolute atomic E-state index is 14.3. The zero-order chi connectivity index (χ0) is 22.7. The molecule has 1 aliphatic carbocycles. The SMILES string of the molecule is CCCC(CC)n1c(Nc2c(F)cc(F)cc2F)nc2cnc(NC3CCCCC3)nc21. The Labute approximate surface area is 185 Å². The molecule has 3 aromatic rings. The number of nitrogens with one attached hydrogen (secondary N) is 2. The first kappa shape index (κ1) is 22.4. The summed E-state index contributed by atoms with van der Waals surface area (Å²) < 4.78 is 43.9. The highest BCUT2D eigenvalue weighted by Crippen LogP contribution is 2.32. The molecule has 172 valence electrons. The van der Waals surface area contributed by atoms with Crippen molar-refractivity contribution in [3.05, 3.63) is 35.8 Å². The maximum atomic E-state index is 14.3. The Kier molecular flexibility index (Phi) is 6.81. The second-order valence-electron chi connectivity index (χ2n) is 8.41. The molecule has 2 N–H and O–H groups in total. The zero-order valence-corrected chi connectivity index (χ0v) is 18.5. The molecule has 0 amide bonds. The summed E-state index contributed by atoms with van der Waals surface area (Å²) in [6, 6.07) is 1.66. The van der Waals surface area contributed by atoms with E-state index in [2.05, 4.69) is 34.4 Å². The second-order valence-corrected chi connectivity index (χ2v) is 8.41. The first-order valence-corrected chi connectivity index (χ1v) is 11.4. The van der Waals surface area contributed by atoms with Gasteiger partial charge in [0.2, 0.25) is 11.9 Å². The van der Waals surface area contributed by atoms with Gasteiger partial charge in [-0.25, -0.2) is 23.1 Å². The molecule has 6 nitrogen and oxygen atoms in total. The molecular weight excluding hydrogens is 417 g/mol. The van der Waals surface area contributed by atoms with E-state index in [9.17, 15) is 13.2 Å². The van der Waals surface area contributed by atoms with Crippen molar-refractivity contribution in [1.82, 2.24) is 19.5 Å². The number of hydrogen-bond donors (Lipinski definition) is 2. The van der Waals surface area contributed by atoms with Gasteiger partial charge in [0.05, 0.1) is 6.20 Å². The van der Waals surface area contributed by atoms with Gasteiger partial charge in [0.15, 0.2) is 17.3 Å². The predicted octanol–water partition coefficient (Wildman–Crippen LogP) is 6.48. The predicted molar refractivity (Wildman–Crippen MR) is 120 cm³/mol. The van der Waals surface area contributed by atoms with E-state index in [1.54, 1.807) is 6.20 Å². The van der Waals surface area contributed by atoms with Crippen molar-refractivity contribution in [3.63, 3.8) is 0 Å². The Morgan fingerprint density at radius 3 is 2.44 bits per heavy atom. The van der Waals surface area contributed by atoms with E-state index >= 15 is 0 Å². The van der Waals surface area contributed by atoms with E-state index in [-0.39, 0.29) is 12.0 Å². The molecule has 0 bridgehead atoms. The van der Waals surface area contributed by atoms with Gasteiger partial charge in [-0.3, -0.25) is 4.57 Å². The molecule has 2 heterocycles. The monoisotopic (exact) mass is 446 g/mol. The van der Waals surface area contributed by atoms with E-state index in [1.165, 1.54) is 19.3 Å². The molecule has 1 aromatic carbocycles. The Morgan fingerprint density at radius 2 is 1.78 bits per heavy atom. The van der Waals surface area contributed by atoms with Crippen LogP contribution in [0.1, 0.15) is 71.3 Å². The summed E-state index contributed by atoms with van der Waals surface area (Å²) in [6.45, 7) is 4.14. The average Bonchev–Trinajstić information content (AvgIpc) is 3.12. The summed E-state index contributed by atoms with van der Waals surface area (Å²) in [4.78, 5) is 13.7. The molecule has 0 saturated heterocycles. The van der Waals surface area contributed by atoms with Crippen molar-refractivity contribution in [3.8, 4) is 0 Å². The molecule has 0 aliphatic heterocycles.